The molecule has 0 saturated carbocycles. The minimum absolute atomic E-state index is 0.196. The molecular formula is C17H23NO3. The van der Waals surface area contributed by atoms with E-state index in [1.165, 1.54) is 16.5 Å². The Morgan fingerprint density at radius 3 is 2.38 bits per heavy atom. The molecule has 0 saturated heterocycles. The summed E-state index contributed by atoms with van der Waals surface area (Å²) >= 11 is 0. The molecule has 21 heavy (non-hydrogen) atoms. The number of rotatable bonds is 9. The molecule has 114 valence electrons. The number of carbonyl (C=O) groups is 2. The van der Waals surface area contributed by atoms with Crippen molar-refractivity contribution in [3.8, 4) is 0 Å². The number of aryl methyl sites for hydroxylation is 1. The highest BCUT2D eigenvalue weighted by molar-refractivity contribution is 5.83. The summed E-state index contributed by atoms with van der Waals surface area (Å²) in [5, 5.41) is 8.82. The molecule has 0 aliphatic rings. The lowest BCUT2D eigenvalue weighted by atomic mass is 10.0. The van der Waals surface area contributed by atoms with Crippen LogP contribution in [0.25, 0.3) is 0 Å². The van der Waals surface area contributed by atoms with E-state index in [2.05, 4.69) is 13.5 Å². The highest BCUT2D eigenvalue weighted by Crippen LogP contribution is 2.09. The van der Waals surface area contributed by atoms with Crippen molar-refractivity contribution in [1.29, 1.82) is 0 Å². The second-order valence-corrected chi connectivity index (χ2v) is 5.05. The predicted molar refractivity (Wildman–Crippen MR) is 83.2 cm³/mol. The molecule has 1 rings (SSSR count). The number of carbonyl (C=O) groups excluding carboxylic acids is 1. The Balaban J connectivity index is 2.63. The van der Waals surface area contributed by atoms with E-state index in [1.54, 1.807) is 0 Å². The van der Waals surface area contributed by atoms with Crippen molar-refractivity contribution >= 4 is 11.9 Å². The molecule has 0 unspecified atom stereocenters. The highest BCUT2D eigenvalue weighted by atomic mass is 16.4. The van der Waals surface area contributed by atoms with Crippen LogP contribution in [0.2, 0.25) is 0 Å². The summed E-state index contributed by atoms with van der Waals surface area (Å²) in [6, 6.07) is 7.95. The van der Waals surface area contributed by atoms with E-state index in [0.717, 1.165) is 24.8 Å². The Labute approximate surface area is 126 Å². The fourth-order valence-electron chi connectivity index (χ4n) is 2.06. The summed E-state index contributed by atoms with van der Waals surface area (Å²) < 4.78 is 0. The fourth-order valence-corrected chi connectivity index (χ4v) is 2.06. The van der Waals surface area contributed by atoms with Gasteiger partial charge < -0.3 is 10.0 Å². The van der Waals surface area contributed by atoms with Gasteiger partial charge in [-0.1, -0.05) is 43.7 Å². The maximum Gasteiger partial charge on any atom is 0.323 e. The molecule has 0 spiro atoms. The average Bonchev–Trinajstić information content (AvgIpc) is 2.45. The van der Waals surface area contributed by atoms with Gasteiger partial charge in [-0.2, -0.15) is 0 Å². The van der Waals surface area contributed by atoms with E-state index in [-0.39, 0.29) is 25.4 Å². The van der Waals surface area contributed by atoms with Gasteiger partial charge in [0.25, 0.3) is 0 Å². The molecule has 0 bridgehead atoms. The summed E-state index contributed by atoms with van der Waals surface area (Å²) in [7, 11) is 0. The van der Waals surface area contributed by atoms with Crippen molar-refractivity contribution < 1.29 is 14.7 Å². The van der Waals surface area contributed by atoms with Crippen LogP contribution in [-0.4, -0.2) is 35.0 Å². The van der Waals surface area contributed by atoms with Crippen LogP contribution in [0.5, 0.6) is 0 Å². The smallest absolute Gasteiger partial charge is 0.323 e. The Kier molecular flexibility index (Phi) is 7.23. The lowest BCUT2D eigenvalue weighted by molar-refractivity contribution is -0.143. The van der Waals surface area contributed by atoms with E-state index in [9.17, 15) is 9.59 Å². The van der Waals surface area contributed by atoms with Crippen LogP contribution in [0.3, 0.4) is 0 Å². The number of carboxylic acids is 1. The first kappa shape index (κ1) is 17.0. The molecule has 0 aliphatic heterocycles. The lowest BCUT2D eigenvalue weighted by Crippen LogP contribution is -2.36. The van der Waals surface area contributed by atoms with E-state index >= 15 is 0 Å². The number of amides is 1. The molecule has 1 amide bonds. The fraction of sp³-hybridized carbons (Fsp3) is 0.412. The Morgan fingerprint density at radius 2 is 1.86 bits per heavy atom. The van der Waals surface area contributed by atoms with E-state index in [4.69, 9.17) is 5.11 Å². The molecule has 0 fully saturated rings. The van der Waals surface area contributed by atoms with Crippen LogP contribution in [-0.2, 0) is 22.4 Å². The first-order valence-electron chi connectivity index (χ1n) is 7.25. The third-order valence-electron chi connectivity index (χ3n) is 3.23. The Hall–Kier alpha value is -2.10. The minimum Gasteiger partial charge on any atom is -0.480 e. The van der Waals surface area contributed by atoms with Gasteiger partial charge in [0.2, 0.25) is 5.91 Å². The van der Waals surface area contributed by atoms with Crippen molar-refractivity contribution in [3.05, 3.63) is 48.0 Å². The van der Waals surface area contributed by atoms with Gasteiger partial charge in [-0.25, -0.2) is 0 Å². The number of hydrogen-bond acceptors (Lipinski definition) is 2. The number of aliphatic carboxylic acids is 1. The maximum atomic E-state index is 12.1. The number of nitrogens with zero attached hydrogens (tertiary/aromatic N) is 1. The van der Waals surface area contributed by atoms with E-state index in [0.29, 0.717) is 0 Å². The van der Waals surface area contributed by atoms with Gasteiger partial charge in [0.15, 0.2) is 0 Å². The molecule has 0 aromatic heterocycles. The van der Waals surface area contributed by atoms with Gasteiger partial charge in [0.05, 0.1) is 6.42 Å². The largest absolute Gasteiger partial charge is 0.480 e. The van der Waals surface area contributed by atoms with E-state index in [1.807, 2.05) is 24.3 Å². The third-order valence-corrected chi connectivity index (χ3v) is 3.23. The normalized spacial score (nSPS) is 10.1. The van der Waals surface area contributed by atoms with Gasteiger partial charge in [-0.15, -0.1) is 6.58 Å². The molecule has 1 aromatic carbocycles. The van der Waals surface area contributed by atoms with Crippen molar-refractivity contribution in [2.45, 2.75) is 32.6 Å². The standard InChI is InChI=1S/C17H23NO3/c1-3-5-6-14-7-9-15(10-8-14)12-16(19)18(11-4-2)13-17(20)21/h4,7-10H,2-3,5-6,11-13H2,1H3,(H,20,21). The number of hydrogen-bond donors (Lipinski definition) is 1. The zero-order valence-corrected chi connectivity index (χ0v) is 12.5. The van der Waals surface area contributed by atoms with Crippen molar-refractivity contribution in [2.75, 3.05) is 13.1 Å². The quantitative estimate of drug-likeness (QED) is 0.711. The second-order valence-electron chi connectivity index (χ2n) is 5.05. The van der Waals surface area contributed by atoms with Gasteiger partial charge in [0.1, 0.15) is 6.54 Å². The first-order valence-corrected chi connectivity index (χ1v) is 7.25. The summed E-state index contributed by atoms with van der Waals surface area (Å²) in [6.45, 7) is 5.66. The van der Waals surface area contributed by atoms with Crippen LogP contribution >= 0.6 is 0 Å². The number of unbranched alkanes of at least 4 members (excludes halogenated alkanes) is 1. The molecule has 4 nitrogen and oxygen atoms in total. The van der Waals surface area contributed by atoms with Crippen LogP contribution in [0.15, 0.2) is 36.9 Å². The van der Waals surface area contributed by atoms with Crippen LogP contribution in [0.4, 0.5) is 0 Å². The topological polar surface area (TPSA) is 57.6 Å². The lowest BCUT2D eigenvalue weighted by Gasteiger charge is -2.18. The number of benzene rings is 1. The van der Waals surface area contributed by atoms with Gasteiger partial charge >= 0.3 is 5.97 Å². The molecule has 0 aliphatic carbocycles. The number of carboxylic acid groups (broad SMARTS) is 1. The highest BCUT2D eigenvalue weighted by Gasteiger charge is 2.15. The zero-order chi connectivity index (χ0) is 15.7. The molecular weight excluding hydrogens is 266 g/mol. The average molecular weight is 289 g/mol. The van der Waals surface area contributed by atoms with Gasteiger partial charge in [0, 0.05) is 6.54 Å². The molecule has 1 aromatic rings. The molecule has 0 heterocycles. The Morgan fingerprint density at radius 1 is 1.24 bits per heavy atom. The van der Waals surface area contributed by atoms with Crippen LogP contribution in [0.1, 0.15) is 30.9 Å². The molecule has 1 N–H and O–H groups in total. The van der Waals surface area contributed by atoms with Crippen LogP contribution < -0.4 is 0 Å². The van der Waals surface area contributed by atoms with Crippen molar-refractivity contribution in [1.82, 2.24) is 4.90 Å². The summed E-state index contributed by atoms with van der Waals surface area (Å²) in [5.74, 6) is -1.21. The zero-order valence-electron chi connectivity index (χ0n) is 12.5. The first-order chi connectivity index (χ1) is 10.1. The minimum atomic E-state index is -1.01. The third kappa shape index (κ3) is 6.25. The molecule has 4 heteroatoms. The van der Waals surface area contributed by atoms with Crippen LogP contribution in [0, 0.1) is 0 Å². The Bertz CT molecular complexity index is 479. The summed E-state index contributed by atoms with van der Waals surface area (Å²) in [6.07, 6.45) is 5.12. The summed E-state index contributed by atoms with van der Waals surface area (Å²) in [5.41, 5.74) is 2.17. The molecule has 0 radical (unpaired) electrons. The van der Waals surface area contributed by atoms with Crippen molar-refractivity contribution in [3.63, 3.8) is 0 Å². The monoisotopic (exact) mass is 289 g/mol. The predicted octanol–water partition coefficient (Wildman–Crippen LogP) is 2.67. The van der Waals surface area contributed by atoms with Crippen molar-refractivity contribution in [2.24, 2.45) is 0 Å². The SMILES string of the molecule is C=CCN(CC(=O)O)C(=O)Cc1ccc(CCCC)cc1. The second kappa shape index (κ2) is 8.95. The van der Waals surface area contributed by atoms with E-state index < -0.39 is 5.97 Å². The maximum absolute atomic E-state index is 12.1. The van der Waals surface area contributed by atoms with Gasteiger partial charge in [-0.05, 0) is 24.0 Å². The van der Waals surface area contributed by atoms with Gasteiger partial charge in [-0.3, -0.25) is 9.59 Å². The summed E-state index contributed by atoms with van der Waals surface area (Å²) in [4.78, 5) is 24.2. The molecule has 0 atom stereocenters.